The molecule has 0 saturated heterocycles. The van der Waals surface area contributed by atoms with E-state index in [-0.39, 0.29) is 16.5 Å². The molecule has 0 spiro atoms. The maximum Gasteiger partial charge on any atom is 0.242 e. The molecule has 0 atom stereocenters. The van der Waals surface area contributed by atoms with Crippen molar-refractivity contribution >= 4 is 33.0 Å². The van der Waals surface area contributed by atoms with Gasteiger partial charge in [0.2, 0.25) is 10.0 Å². The molecule has 0 aliphatic carbocycles. The van der Waals surface area contributed by atoms with Gasteiger partial charge >= 0.3 is 0 Å². The van der Waals surface area contributed by atoms with Crippen LogP contribution in [0.1, 0.15) is 4.88 Å². The molecule has 0 bridgehead atoms. The molecule has 18 heavy (non-hydrogen) atoms. The molecule has 7 heteroatoms. The Bertz CT molecular complexity index is 641. The smallest absolute Gasteiger partial charge is 0.207 e. The summed E-state index contributed by atoms with van der Waals surface area (Å²) in [4.78, 5) is 0.763. The second-order valence-electron chi connectivity index (χ2n) is 3.48. The molecule has 1 N–H and O–H groups in total. The van der Waals surface area contributed by atoms with Crippen LogP contribution in [0.2, 0.25) is 5.02 Å². The zero-order valence-corrected chi connectivity index (χ0v) is 11.4. The van der Waals surface area contributed by atoms with E-state index in [0.717, 1.165) is 23.1 Å². The lowest BCUT2D eigenvalue weighted by Crippen LogP contribution is -2.23. The van der Waals surface area contributed by atoms with Crippen molar-refractivity contribution in [1.29, 1.82) is 0 Å². The summed E-state index contributed by atoms with van der Waals surface area (Å²) in [6, 6.07) is 6.83. The summed E-state index contributed by atoms with van der Waals surface area (Å²) < 4.78 is 39.2. The first kappa shape index (κ1) is 13.5. The van der Waals surface area contributed by atoms with Gasteiger partial charge < -0.3 is 0 Å². The van der Waals surface area contributed by atoms with E-state index in [0.29, 0.717) is 0 Å². The highest BCUT2D eigenvalue weighted by Gasteiger charge is 2.18. The van der Waals surface area contributed by atoms with Gasteiger partial charge in [0.25, 0.3) is 0 Å². The van der Waals surface area contributed by atoms with Crippen LogP contribution >= 0.6 is 22.9 Å². The van der Waals surface area contributed by atoms with Crippen molar-refractivity contribution < 1.29 is 12.8 Å². The van der Waals surface area contributed by atoms with Crippen LogP contribution in [0.4, 0.5) is 4.39 Å². The largest absolute Gasteiger partial charge is 0.242 e. The maximum atomic E-state index is 12.8. The minimum absolute atomic E-state index is 0.123. The Morgan fingerprint density at radius 3 is 2.72 bits per heavy atom. The van der Waals surface area contributed by atoms with Crippen LogP contribution in [0.5, 0.6) is 0 Å². The molecule has 0 radical (unpaired) electrons. The average molecular weight is 306 g/mol. The van der Waals surface area contributed by atoms with Crippen LogP contribution < -0.4 is 4.72 Å². The number of halogens is 2. The molecule has 0 aliphatic rings. The fourth-order valence-electron chi connectivity index (χ4n) is 1.35. The Morgan fingerprint density at radius 2 is 2.11 bits per heavy atom. The third-order valence-electron chi connectivity index (χ3n) is 2.20. The van der Waals surface area contributed by atoms with E-state index in [1.807, 2.05) is 17.5 Å². The van der Waals surface area contributed by atoms with Crippen molar-refractivity contribution in [3.8, 4) is 0 Å². The van der Waals surface area contributed by atoms with E-state index in [4.69, 9.17) is 11.6 Å². The van der Waals surface area contributed by atoms with Crippen LogP contribution in [0.15, 0.2) is 40.6 Å². The first-order valence-electron chi connectivity index (χ1n) is 4.96. The minimum Gasteiger partial charge on any atom is -0.207 e. The molecule has 0 aliphatic heterocycles. The highest BCUT2D eigenvalue weighted by molar-refractivity contribution is 7.89. The van der Waals surface area contributed by atoms with Crippen LogP contribution in [0.25, 0.3) is 0 Å². The van der Waals surface area contributed by atoms with Crippen LogP contribution in [0, 0.1) is 5.82 Å². The van der Waals surface area contributed by atoms with Crippen LogP contribution in [-0.2, 0) is 16.6 Å². The molecule has 3 nitrogen and oxygen atoms in total. The van der Waals surface area contributed by atoms with E-state index in [9.17, 15) is 12.8 Å². The zero-order valence-electron chi connectivity index (χ0n) is 9.06. The van der Waals surface area contributed by atoms with Gasteiger partial charge in [0.15, 0.2) is 0 Å². The van der Waals surface area contributed by atoms with Gasteiger partial charge in [-0.25, -0.2) is 17.5 Å². The number of thiophene rings is 1. The first-order chi connectivity index (χ1) is 8.49. The van der Waals surface area contributed by atoms with Gasteiger partial charge in [-0.15, -0.1) is 11.3 Å². The van der Waals surface area contributed by atoms with Crippen molar-refractivity contribution in [1.82, 2.24) is 4.72 Å². The fraction of sp³-hybridized carbons (Fsp3) is 0.0909. The maximum absolute atomic E-state index is 12.8. The lowest BCUT2D eigenvalue weighted by atomic mass is 10.3. The molecule has 0 amide bonds. The van der Waals surface area contributed by atoms with E-state index in [1.54, 1.807) is 0 Å². The highest BCUT2D eigenvalue weighted by Crippen LogP contribution is 2.22. The third kappa shape index (κ3) is 3.08. The summed E-state index contributed by atoms with van der Waals surface area (Å²) >= 11 is 7.16. The standard InChI is InChI=1S/C11H9ClFNO2S2/c12-10-6-8(13)3-4-11(10)18(15,16)14-7-9-2-1-5-17-9/h1-6,14H,7H2. The van der Waals surface area contributed by atoms with Crippen LogP contribution in [-0.4, -0.2) is 8.42 Å². The molecule has 2 rings (SSSR count). The van der Waals surface area contributed by atoms with Gasteiger partial charge in [0.05, 0.1) is 5.02 Å². The van der Waals surface area contributed by atoms with Gasteiger partial charge in [-0.05, 0) is 29.6 Å². The topological polar surface area (TPSA) is 46.2 Å². The predicted molar refractivity (Wildman–Crippen MR) is 69.8 cm³/mol. The number of sulfonamides is 1. The van der Waals surface area contributed by atoms with Crippen molar-refractivity contribution in [2.45, 2.75) is 11.4 Å². The number of hydrogen-bond acceptors (Lipinski definition) is 3. The number of hydrogen-bond donors (Lipinski definition) is 1. The Hall–Kier alpha value is -0.950. The Morgan fingerprint density at radius 1 is 1.33 bits per heavy atom. The summed E-state index contributed by atoms with van der Waals surface area (Å²) in [7, 11) is -3.73. The minimum atomic E-state index is -3.73. The SMILES string of the molecule is O=S(=O)(NCc1cccs1)c1ccc(F)cc1Cl. The van der Waals surface area contributed by atoms with Gasteiger partial charge in [-0.2, -0.15) is 0 Å². The molecule has 1 aromatic heterocycles. The summed E-state index contributed by atoms with van der Waals surface area (Å²) in [6.45, 7) is 0.188. The van der Waals surface area contributed by atoms with E-state index in [2.05, 4.69) is 4.72 Å². The Kier molecular flexibility index (Phi) is 4.01. The van der Waals surface area contributed by atoms with E-state index >= 15 is 0 Å². The van der Waals surface area contributed by atoms with Gasteiger partial charge in [-0.3, -0.25) is 0 Å². The number of nitrogens with one attached hydrogen (secondary N) is 1. The van der Waals surface area contributed by atoms with E-state index in [1.165, 1.54) is 11.3 Å². The zero-order chi connectivity index (χ0) is 13.2. The molecule has 0 unspecified atom stereocenters. The van der Waals surface area contributed by atoms with Crippen molar-refractivity contribution in [3.63, 3.8) is 0 Å². The fourth-order valence-corrected chi connectivity index (χ4v) is 3.62. The highest BCUT2D eigenvalue weighted by atomic mass is 35.5. The van der Waals surface area contributed by atoms with Gasteiger partial charge in [0, 0.05) is 11.4 Å². The number of benzene rings is 1. The Labute approximate surface area is 113 Å². The quantitative estimate of drug-likeness (QED) is 0.944. The summed E-state index contributed by atoms with van der Waals surface area (Å²) in [5, 5.41) is 1.72. The van der Waals surface area contributed by atoms with Crippen molar-refractivity contribution in [3.05, 3.63) is 51.4 Å². The van der Waals surface area contributed by atoms with E-state index < -0.39 is 15.8 Å². The molecule has 96 valence electrons. The van der Waals surface area contributed by atoms with Crippen LogP contribution in [0.3, 0.4) is 0 Å². The molecule has 0 saturated carbocycles. The molecule has 1 heterocycles. The normalized spacial score (nSPS) is 11.7. The molecule has 1 aromatic carbocycles. The summed E-state index contributed by atoms with van der Waals surface area (Å²) in [5.41, 5.74) is 0. The molecular weight excluding hydrogens is 297 g/mol. The molecule has 2 aromatic rings. The molecular formula is C11H9ClFNO2S2. The Balaban J connectivity index is 2.20. The number of rotatable bonds is 4. The van der Waals surface area contributed by atoms with Crippen molar-refractivity contribution in [2.75, 3.05) is 0 Å². The average Bonchev–Trinajstić information content (AvgIpc) is 2.78. The van der Waals surface area contributed by atoms with Crippen molar-refractivity contribution in [2.24, 2.45) is 0 Å². The second kappa shape index (κ2) is 5.36. The molecule has 0 fully saturated rings. The lowest BCUT2D eigenvalue weighted by Gasteiger charge is -2.07. The monoisotopic (exact) mass is 305 g/mol. The lowest BCUT2D eigenvalue weighted by molar-refractivity contribution is 0.581. The van der Waals surface area contributed by atoms with Gasteiger partial charge in [0.1, 0.15) is 10.7 Å². The second-order valence-corrected chi connectivity index (χ2v) is 6.65. The summed E-state index contributed by atoms with van der Waals surface area (Å²) in [6.07, 6.45) is 0. The predicted octanol–water partition coefficient (Wildman–Crippen LogP) is 3.02. The summed E-state index contributed by atoms with van der Waals surface area (Å²) in [5.74, 6) is -0.572. The van der Waals surface area contributed by atoms with Gasteiger partial charge in [-0.1, -0.05) is 17.7 Å². The first-order valence-corrected chi connectivity index (χ1v) is 7.70. The third-order valence-corrected chi connectivity index (χ3v) is 4.96.